The van der Waals surface area contributed by atoms with Crippen molar-refractivity contribution in [3.05, 3.63) is 168 Å². The maximum absolute atomic E-state index is 15.5. The fraction of sp³-hybridized carbons (Fsp3) is 0.0500. The zero-order valence-electron chi connectivity index (χ0n) is 24.5. The average Bonchev–Trinajstić information content (AvgIpc) is 3.07. The van der Waals surface area contributed by atoms with Crippen LogP contribution < -0.4 is 15.0 Å². The highest BCUT2D eigenvalue weighted by Gasteiger charge is 2.29. The monoisotopic (exact) mass is 610 g/mol. The summed E-state index contributed by atoms with van der Waals surface area (Å²) in [6.45, 7) is 0. The molecule has 7 aromatic carbocycles. The maximum atomic E-state index is 15.5. The summed E-state index contributed by atoms with van der Waals surface area (Å²) in [6.07, 6.45) is 2.75. The van der Waals surface area contributed by atoms with Crippen molar-refractivity contribution < 1.29 is 17.6 Å². The highest BCUT2D eigenvalue weighted by Crippen LogP contribution is 2.46. The molecule has 0 aliphatic heterocycles. The first-order valence-corrected chi connectivity index (χ1v) is 15.1. The number of hydrogen-bond acceptors (Lipinski definition) is 2. The summed E-state index contributed by atoms with van der Waals surface area (Å²) in [5.74, 6) is -2.60. The van der Waals surface area contributed by atoms with Gasteiger partial charge in [0, 0.05) is 28.9 Å². The van der Waals surface area contributed by atoms with Gasteiger partial charge >= 0.3 is 0 Å². The predicted octanol–water partition coefficient (Wildman–Crippen LogP) is 10.8. The molecule has 2 nitrogen and oxygen atoms in total. The average molecular weight is 611 g/mol. The Kier molecular flexibility index (Phi) is 6.71. The SMILES string of the molecule is Fc1ccc(N(c2ccccc2)c2ccc3ccc4c5c(ccc2c35)=CCC4N(c2ccccc2)c2ccc(F)cc2F)c(F)c1. The lowest BCUT2D eigenvalue weighted by molar-refractivity contribution is 0.576. The van der Waals surface area contributed by atoms with Gasteiger partial charge in [-0.3, -0.25) is 0 Å². The van der Waals surface area contributed by atoms with E-state index in [0.29, 0.717) is 6.42 Å². The number of benzene rings is 7. The van der Waals surface area contributed by atoms with E-state index in [1.807, 2.05) is 88.7 Å². The largest absolute Gasteiger partial charge is 0.331 e. The second kappa shape index (κ2) is 11.1. The van der Waals surface area contributed by atoms with Crippen LogP contribution in [-0.4, -0.2) is 0 Å². The summed E-state index contributed by atoms with van der Waals surface area (Å²) < 4.78 is 59.0. The third kappa shape index (κ3) is 4.57. The van der Waals surface area contributed by atoms with Crippen molar-refractivity contribution in [1.82, 2.24) is 0 Å². The minimum Gasteiger partial charge on any atom is -0.331 e. The summed E-state index contributed by atoms with van der Waals surface area (Å²) in [7, 11) is 0. The van der Waals surface area contributed by atoms with E-state index < -0.39 is 23.3 Å². The van der Waals surface area contributed by atoms with E-state index in [9.17, 15) is 8.78 Å². The molecule has 0 spiro atoms. The third-order valence-electron chi connectivity index (χ3n) is 8.80. The molecular weight excluding hydrogens is 584 g/mol. The van der Waals surface area contributed by atoms with Crippen molar-refractivity contribution in [2.45, 2.75) is 12.5 Å². The Balaban J connectivity index is 1.38. The van der Waals surface area contributed by atoms with Gasteiger partial charge in [0.25, 0.3) is 0 Å². The van der Waals surface area contributed by atoms with E-state index in [4.69, 9.17) is 0 Å². The molecule has 6 heteroatoms. The third-order valence-corrected chi connectivity index (χ3v) is 8.80. The number of nitrogens with zero attached hydrogens (tertiary/aromatic N) is 2. The molecule has 0 heterocycles. The molecule has 0 bridgehead atoms. The lowest BCUT2D eigenvalue weighted by atomic mass is 9.85. The van der Waals surface area contributed by atoms with E-state index in [-0.39, 0.29) is 17.4 Å². The number of halogens is 4. The van der Waals surface area contributed by atoms with Crippen molar-refractivity contribution in [2.75, 3.05) is 9.80 Å². The standard InChI is InChI=1S/C40H26F4N2/c41-27-15-21-37(33(43)23-27)45(29-7-3-1-4-8-29)35-19-13-25-12-18-32-36(20-14-26-11-17-31(35)39(25)40(26)32)46(30-9-5-2-6-10-30)38-22-16-28(42)24-34(38)44/h1-19,21-24,36H,20H2. The molecule has 0 saturated heterocycles. The molecule has 0 radical (unpaired) electrons. The Morgan fingerprint density at radius 3 is 1.80 bits per heavy atom. The van der Waals surface area contributed by atoms with Gasteiger partial charge in [-0.05, 0) is 88.0 Å². The van der Waals surface area contributed by atoms with E-state index in [0.717, 1.165) is 61.5 Å². The van der Waals surface area contributed by atoms with Crippen LogP contribution in [0.25, 0.3) is 27.6 Å². The van der Waals surface area contributed by atoms with Crippen LogP contribution in [0, 0.1) is 23.3 Å². The molecule has 1 atom stereocenters. The molecule has 8 rings (SSSR count). The van der Waals surface area contributed by atoms with E-state index in [1.54, 1.807) is 0 Å². The molecule has 0 fully saturated rings. The summed E-state index contributed by atoms with van der Waals surface area (Å²) in [5.41, 5.74) is 3.75. The minimum absolute atomic E-state index is 0.225. The quantitative estimate of drug-likeness (QED) is 0.173. The van der Waals surface area contributed by atoms with Gasteiger partial charge in [-0.25, -0.2) is 17.6 Å². The second-order valence-corrected chi connectivity index (χ2v) is 11.4. The van der Waals surface area contributed by atoms with Crippen molar-refractivity contribution in [2.24, 2.45) is 0 Å². The maximum Gasteiger partial charge on any atom is 0.150 e. The fourth-order valence-corrected chi connectivity index (χ4v) is 6.84. The molecule has 0 amide bonds. The summed E-state index contributed by atoms with van der Waals surface area (Å²) in [5, 5.41) is 4.95. The zero-order valence-corrected chi connectivity index (χ0v) is 24.5. The number of rotatable bonds is 6. The molecule has 1 aliphatic rings. The van der Waals surface area contributed by atoms with Crippen LogP contribution in [-0.2, 0) is 0 Å². The minimum atomic E-state index is -0.675. The van der Waals surface area contributed by atoms with E-state index in [2.05, 4.69) is 24.3 Å². The second-order valence-electron chi connectivity index (χ2n) is 11.4. The lowest BCUT2D eigenvalue weighted by Gasteiger charge is -2.36. The Labute approximate surface area is 263 Å². The first-order valence-electron chi connectivity index (χ1n) is 15.1. The zero-order chi connectivity index (χ0) is 31.4. The van der Waals surface area contributed by atoms with Crippen LogP contribution in [0.15, 0.2) is 133 Å². The Hall–Kier alpha value is -5.62. The normalized spacial score (nSPS) is 14.0. The molecule has 1 aliphatic carbocycles. The number of anilines is 5. The number of para-hydroxylation sites is 2. The summed E-state index contributed by atoms with van der Waals surface area (Å²) in [6, 6.07) is 38.2. The molecule has 0 N–H and O–H groups in total. The van der Waals surface area contributed by atoms with Crippen molar-refractivity contribution in [1.29, 1.82) is 0 Å². The van der Waals surface area contributed by atoms with Crippen LogP contribution in [0.4, 0.5) is 46.0 Å². The summed E-state index contributed by atoms with van der Waals surface area (Å²) in [4.78, 5) is 3.75. The van der Waals surface area contributed by atoms with Gasteiger partial charge in [0.05, 0.1) is 23.1 Å². The predicted molar refractivity (Wildman–Crippen MR) is 178 cm³/mol. The van der Waals surface area contributed by atoms with Crippen LogP contribution >= 0.6 is 0 Å². The fourth-order valence-electron chi connectivity index (χ4n) is 6.84. The van der Waals surface area contributed by atoms with Crippen molar-refractivity contribution in [3.63, 3.8) is 0 Å². The van der Waals surface area contributed by atoms with Gasteiger partial charge in [-0.15, -0.1) is 0 Å². The molecule has 0 saturated carbocycles. The van der Waals surface area contributed by atoms with Gasteiger partial charge in [0.15, 0.2) is 0 Å². The van der Waals surface area contributed by atoms with Gasteiger partial charge in [-0.2, -0.15) is 0 Å². The molecule has 0 aromatic heterocycles. The molecule has 224 valence electrons. The molecule has 7 aromatic rings. The number of hydrogen-bond donors (Lipinski definition) is 0. The van der Waals surface area contributed by atoms with Gasteiger partial charge in [0.2, 0.25) is 0 Å². The highest BCUT2D eigenvalue weighted by molar-refractivity contribution is 6.17. The molecule has 46 heavy (non-hydrogen) atoms. The topological polar surface area (TPSA) is 6.48 Å². The first-order chi connectivity index (χ1) is 22.5. The van der Waals surface area contributed by atoms with E-state index in [1.165, 1.54) is 24.3 Å². The molecule has 1 unspecified atom stereocenters. The Morgan fingerprint density at radius 1 is 0.522 bits per heavy atom. The Morgan fingerprint density at radius 2 is 1.13 bits per heavy atom. The smallest absolute Gasteiger partial charge is 0.150 e. The van der Waals surface area contributed by atoms with Crippen LogP contribution in [0.1, 0.15) is 18.0 Å². The summed E-state index contributed by atoms with van der Waals surface area (Å²) >= 11 is 0. The van der Waals surface area contributed by atoms with Crippen molar-refractivity contribution in [3.8, 4) is 0 Å². The first kappa shape index (κ1) is 27.9. The Bertz CT molecular complexity index is 2300. The van der Waals surface area contributed by atoms with Crippen LogP contribution in [0.2, 0.25) is 0 Å². The van der Waals surface area contributed by atoms with Gasteiger partial charge in [-0.1, -0.05) is 72.8 Å². The van der Waals surface area contributed by atoms with E-state index >= 15 is 8.78 Å². The van der Waals surface area contributed by atoms with Gasteiger partial charge < -0.3 is 9.80 Å². The highest BCUT2D eigenvalue weighted by atomic mass is 19.1. The molecular formula is C40H26F4N2. The van der Waals surface area contributed by atoms with Crippen molar-refractivity contribution >= 4 is 56.1 Å². The lowest BCUT2D eigenvalue weighted by Crippen LogP contribution is -2.28. The van der Waals surface area contributed by atoms with Crippen LogP contribution in [0.5, 0.6) is 0 Å². The van der Waals surface area contributed by atoms with Crippen LogP contribution in [0.3, 0.4) is 0 Å². The van der Waals surface area contributed by atoms with Gasteiger partial charge in [0.1, 0.15) is 23.3 Å².